The summed E-state index contributed by atoms with van der Waals surface area (Å²) in [4.78, 5) is 12.5. The molecule has 3 rings (SSSR count). The lowest BCUT2D eigenvalue weighted by molar-refractivity contribution is -0.115. The number of carbonyl (C=O) groups is 1. The normalized spacial score (nSPS) is 11.7. The lowest BCUT2D eigenvalue weighted by Gasteiger charge is -2.07. The first-order valence-corrected chi connectivity index (χ1v) is 10.4. The monoisotopic (exact) mass is 403 g/mol. The number of hydrogen-bond donors (Lipinski definition) is 1. The SMILES string of the molecule is CCS(=O)(=O)c1ccc(CC(=O)Nc2nnc(-c3ccnn3C(C)C)o2)cc1. The molecule has 0 aliphatic carbocycles. The summed E-state index contributed by atoms with van der Waals surface area (Å²) in [6, 6.07) is 8.09. The van der Waals surface area contributed by atoms with Crippen LogP contribution >= 0.6 is 0 Å². The largest absolute Gasteiger partial charge is 0.401 e. The Bertz CT molecular complexity index is 1070. The number of benzene rings is 1. The topological polar surface area (TPSA) is 120 Å². The molecule has 1 N–H and O–H groups in total. The Morgan fingerprint density at radius 3 is 2.54 bits per heavy atom. The number of hydrogen-bond acceptors (Lipinski definition) is 7. The number of amides is 1. The molecule has 10 heteroatoms. The Morgan fingerprint density at radius 1 is 1.18 bits per heavy atom. The van der Waals surface area contributed by atoms with Crippen LogP contribution in [0.5, 0.6) is 0 Å². The second-order valence-electron chi connectivity index (χ2n) is 6.44. The average molecular weight is 403 g/mol. The lowest BCUT2D eigenvalue weighted by atomic mass is 10.1. The molecule has 0 spiro atoms. The van der Waals surface area contributed by atoms with E-state index >= 15 is 0 Å². The maximum absolute atomic E-state index is 12.2. The van der Waals surface area contributed by atoms with Gasteiger partial charge in [-0.2, -0.15) is 5.10 Å². The fourth-order valence-electron chi connectivity index (χ4n) is 2.60. The molecule has 2 heterocycles. The molecule has 0 radical (unpaired) electrons. The standard InChI is InChI=1S/C18H21N5O4S/c1-4-28(25,26)14-7-5-13(6-8-14)11-16(24)20-18-22-21-17(27-18)15-9-10-19-23(15)12(2)3/h5-10,12H,4,11H2,1-3H3,(H,20,22,24). The van der Waals surface area contributed by atoms with Gasteiger partial charge in [-0.1, -0.05) is 24.2 Å². The first-order chi connectivity index (χ1) is 13.3. The van der Waals surface area contributed by atoms with E-state index in [0.717, 1.165) is 0 Å². The summed E-state index contributed by atoms with van der Waals surface area (Å²) < 4.78 is 30.9. The van der Waals surface area contributed by atoms with Gasteiger partial charge in [0.25, 0.3) is 5.89 Å². The number of anilines is 1. The highest BCUT2D eigenvalue weighted by atomic mass is 32.2. The van der Waals surface area contributed by atoms with E-state index in [1.54, 1.807) is 36.0 Å². The molecule has 1 amide bonds. The average Bonchev–Trinajstić information content (AvgIpc) is 3.31. The van der Waals surface area contributed by atoms with Crippen molar-refractivity contribution in [2.75, 3.05) is 11.1 Å². The highest BCUT2D eigenvalue weighted by Gasteiger charge is 2.17. The minimum absolute atomic E-state index is 0.0123. The van der Waals surface area contributed by atoms with E-state index in [-0.39, 0.29) is 40.9 Å². The first-order valence-electron chi connectivity index (χ1n) is 8.79. The third-order valence-corrected chi connectivity index (χ3v) is 5.83. The third kappa shape index (κ3) is 4.28. The highest BCUT2D eigenvalue weighted by molar-refractivity contribution is 7.91. The summed E-state index contributed by atoms with van der Waals surface area (Å²) in [5.74, 6) is -0.0588. The van der Waals surface area contributed by atoms with Gasteiger partial charge in [-0.15, -0.1) is 5.10 Å². The van der Waals surface area contributed by atoms with E-state index in [4.69, 9.17) is 4.42 Å². The minimum atomic E-state index is -3.26. The van der Waals surface area contributed by atoms with Crippen LogP contribution in [0.2, 0.25) is 0 Å². The number of nitrogens with one attached hydrogen (secondary N) is 1. The zero-order chi connectivity index (χ0) is 20.3. The summed E-state index contributed by atoms with van der Waals surface area (Å²) in [5, 5.41) is 14.6. The van der Waals surface area contributed by atoms with Gasteiger partial charge in [0.05, 0.1) is 17.1 Å². The van der Waals surface area contributed by atoms with Crippen molar-refractivity contribution in [3.8, 4) is 11.6 Å². The van der Waals surface area contributed by atoms with Crippen LogP contribution in [0.3, 0.4) is 0 Å². The minimum Gasteiger partial charge on any atom is -0.401 e. The van der Waals surface area contributed by atoms with Gasteiger partial charge >= 0.3 is 6.01 Å². The molecule has 2 aromatic heterocycles. The molecule has 0 fully saturated rings. The molecule has 148 valence electrons. The fraction of sp³-hybridized carbons (Fsp3) is 0.333. The van der Waals surface area contributed by atoms with E-state index < -0.39 is 9.84 Å². The van der Waals surface area contributed by atoms with Crippen LogP contribution in [-0.4, -0.2) is 40.1 Å². The number of sulfone groups is 1. The van der Waals surface area contributed by atoms with Gasteiger partial charge in [-0.05, 0) is 37.6 Å². The highest BCUT2D eigenvalue weighted by Crippen LogP contribution is 2.22. The molecule has 0 aliphatic heterocycles. The van der Waals surface area contributed by atoms with Crippen molar-refractivity contribution >= 4 is 21.8 Å². The zero-order valence-corrected chi connectivity index (χ0v) is 16.6. The number of nitrogens with zero attached hydrogens (tertiary/aromatic N) is 4. The molecule has 0 aliphatic rings. The van der Waals surface area contributed by atoms with E-state index in [1.807, 2.05) is 13.8 Å². The summed E-state index contributed by atoms with van der Waals surface area (Å²) in [7, 11) is -3.26. The van der Waals surface area contributed by atoms with Gasteiger partial charge in [0.2, 0.25) is 5.91 Å². The summed E-state index contributed by atoms with van der Waals surface area (Å²) in [6.45, 7) is 5.54. The summed E-state index contributed by atoms with van der Waals surface area (Å²) in [6.07, 6.45) is 1.69. The molecule has 9 nitrogen and oxygen atoms in total. The molecule has 0 bridgehead atoms. The predicted octanol–water partition coefficient (Wildman–Crippen LogP) is 2.49. The molecule has 28 heavy (non-hydrogen) atoms. The van der Waals surface area contributed by atoms with Crippen LogP contribution in [0.25, 0.3) is 11.6 Å². The van der Waals surface area contributed by atoms with Crippen molar-refractivity contribution in [2.45, 2.75) is 38.1 Å². The second kappa shape index (κ2) is 7.93. The molecule has 1 aromatic carbocycles. The number of aromatic nitrogens is 4. The van der Waals surface area contributed by atoms with Gasteiger partial charge < -0.3 is 4.42 Å². The Morgan fingerprint density at radius 2 is 1.89 bits per heavy atom. The van der Waals surface area contributed by atoms with Gasteiger partial charge in [-0.25, -0.2) is 8.42 Å². The molecule has 3 aromatic rings. The number of rotatable bonds is 7. The van der Waals surface area contributed by atoms with Gasteiger partial charge in [0, 0.05) is 12.2 Å². The predicted molar refractivity (Wildman–Crippen MR) is 102 cm³/mol. The summed E-state index contributed by atoms with van der Waals surface area (Å²) >= 11 is 0. The van der Waals surface area contributed by atoms with Gasteiger partial charge in [0.15, 0.2) is 9.84 Å². The van der Waals surface area contributed by atoms with Crippen LogP contribution in [0.15, 0.2) is 45.8 Å². The van der Waals surface area contributed by atoms with E-state index in [1.165, 1.54) is 12.1 Å². The van der Waals surface area contributed by atoms with E-state index in [2.05, 4.69) is 20.6 Å². The van der Waals surface area contributed by atoms with Crippen molar-refractivity contribution in [2.24, 2.45) is 0 Å². The second-order valence-corrected chi connectivity index (χ2v) is 8.72. The van der Waals surface area contributed by atoms with Crippen molar-refractivity contribution in [1.29, 1.82) is 0 Å². The molecule has 0 saturated carbocycles. The van der Waals surface area contributed by atoms with Crippen molar-refractivity contribution < 1.29 is 17.6 Å². The van der Waals surface area contributed by atoms with E-state index in [0.29, 0.717) is 11.3 Å². The third-order valence-electron chi connectivity index (χ3n) is 4.08. The summed E-state index contributed by atoms with van der Waals surface area (Å²) in [5.41, 5.74) is 1.33. The zero-order valence-electron chi connectivity index (χ0n) is 15.8. The van der Waals surface area contributed by atoms with Crippen molar-refractivity contribution in [3.63, 3.8) is 0 Å². The number of carbonyl (C=O) groups excluding carboxylic acids is 1. The lowest BCUT2D eigenvalue weighted by Crippen LogP contribution is -2.14. The van der Waals surface area contributed by atoms with E-state index in [9.17, 15) is 13.2 Å². The van der Waals surface area contributed by atoms with Crippen LogP contribution in [0, 0.1) is 0 Å². The van der Waals surface area contributed by atoms with Crippen LogP contribution in [0.4, 0.5) is 6.01 Å². The maximum atomic E-state index is 12.2. The van der Waals surface area contributed by atoms with Gasteiger partial charge in [0.1, 0.15) is 5.69 Å². The van der Waals surface area contributed by atoms with Crippen LogP contribution in [-0.2, 0) is 21.1 Å². The first kappa shape index (κ1) is 19.7. The molecular weight excluding hydrogens is 382 g/mol. The van der Waals surface area contributed by atoms with Crippen molar-refractivity contribution in [3.05, 3.63) is 42.1 Å². The van der Waals surface area contributed by atoms with Crippen LogP contribution < -0.4 is 5.32 Å². The molecule has 0 atom stereocenters. The fourth-order valence-corrected chi connectivity index (χ4v) is 3.49. The molecule has 0 unspecified atom stereocenters. The smallest absolute Gasteiger partial charge is 0.322 e. The molecule has 0 saturated heterocycles. The van der Waals surface area contributed by atoms with Gasteiger partial charge in [-0.3, -0.25) is 14.8 Å². The Labute approximate surface area is 162 Å². The molecular formula is C18H21N5O4S. The quantitative estimate of drug-likeness (QED) is 0.643. The maximum Gasteiger partial charge on any atom is 0.322 e. The Kier molecular flexibility index (Phi) is 5.59. The Hall–Kier alpha value is -3.01. The van der Waals surface area contributed by atoms with Crippen molar-refractivity contribution in [1.82, 2.24) is 20.0 Å². The Balaban J connectivity index is 1.66. The van der Waals surface area contributed by atoms with Crippen LogP contribution in [0.1, 0.15) is 32.4 Å².